The number of esters is 1. The zero-order valence-corrected chi connectivity index (χ0v) is 11.7. The Morgan fingerprint density at radius 3 is 2.00 bits per heavy atom. The van der Waals surface area contributed by atoms with Gasteiger partial charge in [0.1, 0.15) is 0 Å². The second-order valence-electron chi connectivity index (χ2n) is 4.71. The first-order valence-corrected chi connectivity index (χ1v) is 6.36. The van der Waals surface area contributed by atoms with E-state index in [1.165, 1.54) is 0 Å². The molecule has 100 valence electrons. The van der Waals surface area contributed by atoms with Gasteiger partial charge in [-0.2, -0.15) is 0 Å². The van der Waals surface area contributed by atoms with Gasteiger partial charge >= 0.3 is 5.97 Å². The maximum Gasteiger partial charge on any atom is 0.306 e. The highest BCUT2D eigenvalue weighted by atomic mass is 16.5. The highest BCUT2D eigenvalue weighted by Crippen LogP contribution is 2.09. The topological polar surface area (TPSA) is 46.6 Å². The van der Waals surface area contributed by atoms with Crippen LogP contribution in [0.1, 0.15) is 53.9 Å². The quantitative estimate of drug-likeness (QED) is 0.645. The lowest BCUT2D eigenvalue weighted by Crippen LogP contribution is -2.42. The molecule has 0 fully saturated rings. The number of ether oxygens (including phenoxy) is 1. The molecule has 0 aromatic rings. The van der Waals surface area contributed by atoms with Crippen molar-refractivity contribution in [2.45, 2.75) is 66.0 Å². The predicted molar refractivity (Wildman–Crippen MR) is 67.6 cm³/mol. The largest absolute Gasteiger partial charge is 0.466 e. The summed E-state index contributed by atoms with van der Waals surface area (Å²) in [6.07, 6.45) is 1.22. The first-order chi connectivity index (χ1) is 7.90. The summed E-state index contributed by atoms with van der Waals surface area (Å²) in [6.45, 7) is 10.3. The zero-order chi connectivity index (χ0) is 13.4. The van der Waals surface area contributed by atoms with Crippen LogP contribution in [0.5, 0.6) is 0 Å². The molecule has 0 aromatic carbocycles. The minimum atomic E-state index is -0.285. The summed E-state index contributed by atoms with van der Waals surface area (Å²) in [5.74, 6) is -0.267. The molecule has 4 heteroatoms. The molecule has 0 radical (unpaired) electrons. The van der Waals surface area contributed by atoms with E-state index in [0.29, 0.717) is 6.61 Å². The van der Waals surface area contributed by atoms with Crippen molar-refractivity contribution in [1.82, 2.24) is 4.90 Å². The molecule has 17 heavy (non-hydrogen) atoms. The van der Waals surface area contributed by atoms with E-state index in [1.54, 1.807) is 4.90 Å². The predicted octanol–water partition coefficient (Wildman–Crippen LogP) is 2.37. The van der Waals surface area contributed by atoms with Gasteiger partial charge in [-0.3, -0.25) is 9.59 Å². The molecule has 0 aliphatic rings. The monoisotopic (exact) mass is 243 g/mol. The smallest absolute Gasteiger partial charge is 0.306 e. The number of hydrogen-bond acceptors (Lipinski definition) is 3. The summed E-state index contributed by atoms with van der Waals surface area (Å²) in [4.78, 5) is 25.0. The van der Waals surface area contributed by atoms with E-state index >= 15 is 0 Å². The van der Waals surface area contributed by atoms with E-state index < -0.39 is 0 Å². The van der Waals surface area contributed by atoms with Crippen LogP contribution in [-0.2, 0) is 14.3 Å². The van der Waals surface area contributed by atoms with Gasteiger partial charge < -0.3 is 9.64 Å². The molecule has 0 heterocycles. The molecule has 0 aromatic heterocycles. The fourth-order valence-corrected chi connectivity index (χ4v) is 1.80. The van der Waals surface area contributed by atoms with Gasteiger partial charge in [0.15, 0.2) is 0 Å². The highest BCUT2D eigenvalue weighted by molar-refractivity contribution is 5.81. The van der Waals surface area contributed by atoms with Gasteiger partial charge in [-0.05, 0) is 34.1 Å². The van der Waals surface area contributed by atoms with E-state index in [9.17, 15) is 9.59 Å². The molecule has 0 atom stereocenters. The van der Waals surface area contributed by atoms with Crippen molar-refractivity contribution < 1.29 is 14.3 Å². The van der Waals surface area contributed by atoms with Crippen LogP contribution in [0.3, 0.4) is 0 Å². The number of carbonyl (C=O) groups excluding carboxylic acids is 2. The highest BCUT2D eigenvalue weighted by Gasteiger charge is 2.20. The normalized spacial score (nSPS) is 10.8. The average molecular weight is 243 g/mol. The molecule has 0 unspecified atom stereocenters. The lowest BCUT2D eigenvalue weighted by molar-refractivity contribution is -0.147. The first-order valence-electron chi connectivity index (χ1n) is 6.36. The molecule has 0 spiro atoms. The zero-order valence-electron chi connectivity index (χ0n) is 11.7. The van der Waals surface area contributed by atoms with Crippen molar-refractivity contribution >= 4 is 11.9 Å². The molecule has 0 rings (SSSR count). The molecule has 0 N–H and O–H groups in total. The van der Waals surface area contributed by atoms with Gasteiger partial charge in [0.05, 0.1) is 13.0 Å². The van der Waals surface area contributed by atoms with Crippen molar-refractivity contribution in [3.63, 3.8) is 0 Å². The molecule has 0 bridgehead atoms. The third kappa shape index (κ3) is 6.29. The second-order valence-corrected chi connectivity index (χ2v) is 4.71. The lowest BCUT2D eigenvalue weighted by Gasteiger charge is -2.30. The Hall–Kier alpha value is -1.06. The Bertz CT molecular complexity index is 241. The molecule has 0 saturated heterocycles. The molecular weight excluding hydrogens is 218 g/mol. The summed E-state index contributed by atoms with van der Waals surface area (Å²) in [6, 6.07) is 0.323. The van der Waals surface area contributed by atoms with Crippen molar-refractivity contribution in [2.24, 2.45) is 0 Å². The van der Waals surface area contributed by atoms with Gasteiger partial charge in [-0.25, -0.2) is 0 Å². The van der Waals surface area contributed by atoms with Gasteiger partial charge in [0.2, 0.25) is 5.91 Å². The lowest BCUT2D eigenvalue weighted by atomic mass is 10.2. The number of carbonyl (C=O) groups is 2. The van der Waals surface area contributed by atoms with Gasteiger partial charge in [0.25, 0.3) is 0 Å². The molecule has 0 aliphatic carbocycles. The van der Waals surface area contributed by atoms with Crippen LogP contribution in [-0.4, -0.2) is 35.5 Å². The minimum absolute atomic E-state index is 0.0171. The van der Waals surface area contributed by atoms with E-state index in [4.69, 9.17) is 4.74 Å². The number of amides is 1. The van der Waals surface area contributed by atoms with Crippen LogP contribution < -0.4 is 0 Å². The minimum Gasteiger partial charge on any atom is -0.466 e. The molecular formula is C13H25NO3. The maximum atomic E-state index is 11.9. The third-order valence-electron chi connectivity index (χ3n) is 2.41. The summed E-state index contributed by atoms with van der Waals surface area (Å²) < 4.78 is 4.93. The third-order valence-corrected chi connectivity index (χ3v) is 2.41. The van der Waals surface area contributed by atoms with E-state index in [1.807, 2.05) is 34.6 Å². The van der Waals surface area contributed by atoms with Gasteiger partial charge in [0, 0.05) is 18.5 Å². The van der Waals surface area contributed by atoms with Crippen LogP contribution >= 0.6 is 0 Å². The van der Waals surface area contributed by atoms with Gasteiger partial charge in [-0.1, -0.05) is 6.92 Å². The van der Waals surface area contributed by atoms with Gasteiger partial charge in [-0.15, -0.1) is 0 Å². The Kier molecular flexibility index (Phi) is 7.59. The Labute approximate surface area is 104 Å². The fraction of sp³-hybridized carbons (Fsp3) is 0.846. The van der Waals surface area contributed by atoms with Crippen LogP contribution in [0.4, 0.5) is 0 Å². The molecule has 0 aliphatic heterocycles. The number of rotatable bonds is 7. The Balaban J connectivity index is 4.11. The van der Waals surface area contributed by atoms with Crippen LogP contribution in [0.25, 0.3) is 0 Å². The summed E-state index contributed by atoms with van der Waals surface area (Å²) in [5, 5.41) is 0. The molecule has 1 amide bonds. The standard InChI is InChI=1S/C13H25NO3/c1-6-9-17-13(16)8-7-12(15)14(10(2)3)11(4)5/h10-11H,6-9H2,1-5H3. The van der Waals surface area contributed by atoms with E-state index in [-0.39, 0.29) is 36.8 Å². The molecule has 4 nitrogen and oxygen atoms in total. The van der Waals surface area contributed by atoms with Crippen LogP contribution in [0.15, 0.2) is 0 Å². The van der Waals surface area contributed by atoms with Crippen molar-refractivity contribution in [1.29, 1.82) is 0 Å². The average Bonchev–Trinajstić information content (AvgIpc) is 2.22. The van der Waals surface area contributed by atoms with Crippen molar-refractivity contribution in [2.75, 3.05) is 6.61 Å². The Morgan fingerprint density at radius 1 is 1.06 bits per heavy atom. The molecule has 0 saturated carbocycles. The number of nitrogens with zero attached hydrogens (tertiary/aromatic N) is 1. The number of hydrogen-bond donors (Lipinski definition) is 0. The summed E-state index contributed by atoms with van der Waals surface area (Å²) >= 11 is 0. The van der Waals surface area contributed by atoms with Crippen LogP contribution in [0.2, 0.25) is 0 Å². The van der Waals surface area contributed by atoms with Crippen molar-refractivity contribution in [3.05, 3.63) is 0 Å². The summed E-state index contributed by atoms with van der Waals surface area (Å²) in [5.41, 5.74) is 0. The second kappa shape index (κ2) is 8.09. The van der Waals surface area contributed by atoms with Crippen LogP contribution in [0, 0.1) is 0 Å². The fourth-order valence-electron chi connectivity index (χ4n) is 1.80. The first kappa shape index (κ1) is 15.9. The summed E-state index contributed by atoms with van der Waals surface area (Å²) in [7, 11) is 0. The van der Waals surface area contributed by atoms with Crippen molar-refractivity contribution in [3.8, 4) is 0 Å². The Morgan fingerprint density at radius 2 is 1.59 bits per heavy atom. The van der Waals surface area contributed by atoms with E-state index in [0.717, 1.165) is 6.42 Å². The SMILES string of the molecule is CCCOC(=O)CCC(=O)N(C(C)C)C(C)C. The van der Waals surface area contributed by atoms with E-state index in [2.05, 4.69) is 0 Å². The maximum absolute atomic E-state index is 11.9.